The number of carbonyl (C=O) groups is 2. The molecule has 0 aliphatic carbocycles. The lowest BCUT2D eigenvalue weighted by molar-refractivity contribution is -0.124. The second-order valence-electron chi connectivity index (χ2n) is 6.27. The molecule has 0 spiro atoms. The van der Waals surface area contributed by atoms with Gasteiger partial charge < -0.3 is 24.3 Å². The zero-order valence-corrected chi connectivity index (χ0v) is 15.7. The van der Waals surface area contributed by atoms with Crippen LogP contribution < -0.4 is 19.5 Å². The van der Waals surface area contributed by atoms with Crippen LogP contribution in [0.3, 0.4) is 0 Å². The zero-order valence-electron chi connectivity index (χ0n) is 15.7. The minimum absolute atomic E-state index is 0.201. The number of rotatable bonds is 9. The molecule has 1 amide bonds. The van der Waals surface area contributed by atoms with Gasteiger partial charge in [0.2, 0.25) is 6.79 Å². The molecule has 1 aliphatic heterocycles. The van der Waals surface area contributed by atoms with E-state index in [2.05, 4.69) is 12.2 Å². The van der Waals surface area contributed by atoms with Crippen molar-refractivity contribution in [1.82, 2.24) is 5.32 Å². The van der Waals surface area contributed by atoms with Crippen molar-refractivity contribution in [2.45, 2.75) is 26.3 Å². The molecule has 1 heterocycles. The van der Waals surface area contributed by atoms with Crippen molar-refractivity contribution in [3.63, 3.8) is 0 Å². The summed E-state index contributed by atoms with van der Waals surface area (Å²) < 4.78 is 21.1. The fourth-order valence-electron chi connectivity index (χ4n) is 2.54. The van der Waals surface area contributed by atoms with E-state index in [1.165, 1.54) is 0 Å². The molecule has 28 heavy (non-hydrogen) atoms. The molecule has 0 fully saturated rings. The molecule has 0 radical (unpaired) electrons. The van der Waals surface area contributed by atoms with Gasteiger partial charge in [-0.2, -0.15) is 0 Å². The first-order valence-electron chi connectivity index (χ1n) is 9.21. The van der Waals surface area contributed by atoms with Gasteiger partial charge in [0.25, 0.3) is 5.91 Å². The van der Waals surface area contributed by atoms with E-state index in [-0.39, 0.29) is 19.3 Å². The summed E-state index contributed by atoms with van der Waals surface area (Å²) in [6, 6.07) is 12.1. The molecule has 3 rings (SSSR count). The summed E-state index contributed by atoms with van der Waals surface area (Å²) in [7, 11) is 0. The van der Waals surface area contributed by atoms with E-state index in [4.69, 9.17) is 18.9 Å². The number of esters is 1. The predicted molar refractivity (Wildman–Crippen MR) is 102 cm³/mol. The molecule has 7 heteroatoms. The van der Waals surface area contributed by atoms with Gasteiger partial charge >= 0.3 is 5.97 Å². The van der Waals surface area contributed by atoms with Crippen LogP contribution in [0.5, 0.6) is 17.2 Å². The quantitative estimate of drug-likeness (QED) is 0.528. The number of nitrogens with one attached hydrogen (secondary N) is 1. The Bertz CT molecular complexity index is 818. The zero-order chi connectivity index (χ0) is 19.8. The number of unbranched alkanes of at least 4 members (excludes halogenated alkanes) is 1. The third kappa shape index (κ3) is 5.39. The molecule has 0 saturated carbocycles. The number of carbonyl (C=O) groups excluding carboxylic acids is 2. The van der Waals surface area contributed by atoms with Crippen LogP contribution in [-0.2, 0) is 16.1 Å². The van der Waals surface area contributed by atoms with Gasteiger partial charge in [-0.15, -0.1) is 0 Å². The highest BCUT2D eigenvalue weighted by molar-refractivity contribution is 5.91. The van der Waals surface area contributed by atoms with Gasteiger partial charge in [-0.05, 0) is 48.4 Å². The number of hydrogen-bond donors (Lipinski definition) is 1. The van der Waals surface area contributed by atoms with Gasteiger partial charge in [-0.3, -0.25) is 4.79 Å². The first kappa shape index (κ1) is 19.5. The number of fused-ring (bicyclic) bond motifs is 1. The monoisotopic (exact) mass is 385 g/mol. The standard InChI is InChI=1S/C21H23NO6/c1-2-3-10-25-17-7-5-16(6-8-17)21(24)26-13-20(23)22-12-15-4-9-18-19(11-15)28-14-27-18/h4-9,11H,2-3,10,12-14H2,1H3,(H,22,23). The van der Waals surface area contributed by atoms with Gasteiger partial charge in [0.15, 0.2) is 18.1 Å². The van der Waals surface area contributed by atoms with Crippen molar-refractivity contribution in [2.75, 3.05) is 20.0 Å². The predicted octanol–water partition coefficient (Wildman–Crippen LogP) is 3.07. The van der Waals surface area contributed by atoms with Gasteiger partial charge in [0.1, 0.15) is 5.75 Å². The third-order valence-electron chi connectivity index (χ3n) is 4.12. The largest absolute Gasteiger partial charge is 0.494 e. The average Bonchev–Trinajstić information content (AvgIpc) is 3.19. The number of amides is 1. The average molecular weight is 385 g/mol. The Kier molecular flexibility index (Phi) is 6.73. The molecule has 0 atom stereocenters. The summed E-state index contributed by atoms with van der Waals surface area (Å²) in [4.78, 5) is 24.0. The van der Waals surface area contributed by atoms with Crippen LogP contribution >= 0.6 is 0 Å². The summed E-state index contributed by atoms with van der Waals surface area (Å²) >= 11 is 0. The molecular weight excluding hydrogens is 362 g/mol. The van der Waals surface area contributed by atoms with E-state index in [0.29, 0.717) is 36.0 Å². The second kappa shape index (κ2) is 9.64. The lowest BCUT2D eigenvalue weighted by Crippen LogP contribution is -2.28. The minimum Gasteiger partial charge on any atom is -0.494 e. The van der Waals surface area contributed by atoms with Crippen LogP contribution in [0.1, 0.15) is 35.7 Å². The van der Waals surface area contributed by atoms with Gasteiger partial charge in [-0.25, -0.2) is 4.79 Å². The summed E-state index contributed by atoms with van der Waals surface area (Å²) in [6.45, 7) is 2.89. The van der Waals surface area contributed by atoms with Crippen LogP contribution in [0.4, 0.5) is 0 Å². The van der Waals surface area contributed by atoms with E-state index >= 15 is 0 Å². The molecule has 0 bridgehead atoms. The van der Waals surface area contributed by atoms with E-state index < -0.39 is 5.97 Å². The normalized spacial score (nSPS) is 11.8. The minimum atomic E-state index is -0.557. The van der Waals surface area contributed by atoms with Crippen molar-refractivity contribution in [3.05, 3.63) is 53.6 Å². The molecule has 7 nitrogen and oxygen atoms in total. The molecule has 0 unspecified atom stereocenters. The highest BCUT2D eigenvalue weighted by atomic mass is 16.7. The van der Waals surface area contributed by atoms with Crippen molar-refractivity contribution >= 4 is 11.9 Å². The Labute approximate surface area is 163 Å². The highest BCUT2D eigenvalue weighted by Crippen LogP contribution is 2.32. The third-order valence-corrected chi connectivity index (χ3v) is 4.12. The molecular formula is C21H23NO6. The Morgan fingerprint density at radius 2 is 1.86 bits per heavy atom. The van der Waals surface area contributed by atoms with E-state index in [9.17, 15) is 9.59 Å². The van der Waals surface area contributed by atoms with Crippen LogP contribution in [0.2, 0.25) is 0 Å². The molecule has 1 aliphatic rings. The van der Waals surface area contributed by atoms with E-state index in [0.717, 1.165) is 18.4 Å². The topological polar surface area (TPSA) is 83.1 Å². The maximum Gasteiger partial charge on any atom is 0.338 e. The fraction of sp³-hybridized carbons (Fsp3) is 0.333. The lowest BCUT2D eigenvalue weighted by Gasteiger charge is -2.08. The molecule has 2 aromatic carbocycles. The Hall–Kier alpha value is -3.22. The van der Waals surface area contributed by atoms with Gasteiger partial charge in [0, 0.05) is 6.54 Å². The number of hydrogen-bond acceptors (Lipinski definition) is 6. The van der Waals surface area contributed by atoms with Crippen LogP contribution in [0, 0.1) is 0 Å². The van der Waals surface area contributed by atoms with Crippen molar-refractivity contribution < 1.29 is 28.5 Å². The van der Waals surface area contributed by atoms with Gasteiger partial charge in [0.05, 0.1) is 12.2 Å². The van der Waals surface area contributed by atoms with Crippen LogP contribution in [0.25, 0.3) is 0 Å². The van der Waals surface area contributed by atoms with E-state index in [1.807, 2.05) is 6.07 Å². The molecule has 1 N–H and O–H groups in total. The fourth-order valence-corrected chi connectivity index (χ4v) is 2.54. The summed E-state index contributed by atoms with van der Waals surface area (Å²) in [6.07, 6.45) is 2.03. The van der Waals surface area contributed by atoms with Crippen molar-refractivity contribution in [3.8, 4) is 17.2 Å². The van der Waals surface area contributed by atoms with Crippen molar-refractivity contribution in [1.29, 1.82) is 0 Å². The maximum atomic E-state index is 12.0. The summed E-state index contributed by atoms with van der Waals surface area (Å²) in [5, 5.41) is 2.70. The van der Waals surface area contributed by atoms with E-state index in [1.54, 1.807) is 36.4 Å². The molecule has 2 aromatic rings. The SMILES string of the molecule is CCCCOc1ccc(C(=O)OCC(=O)NCc2ccc3c(c2)OCO3)cc1. The first-order valence-corrected chi connectivity index (χ1v) is 9.21. The molecule has 148 valence electrons. The number of benzene rings is 2. The van der Waals surface area contributed by atoms with Crippen LogP contribution in [-0.4, -0.2) is 31.9 Å². The van der Waals surface area contributed by atoms with Crippen molar-refractivity contribution in [2.24, 2.45) is 0 Å². The second-order valence-corrected chi connectivity index (χ2v) is 6.27. The highest BCUT2D eigenvalue weighted by Gasteiger charge is 2.14. The Balaban J connectivity index is 1.40. The summed E-state index contributed by atoms with van der Waals surface area (Å²) in [5.41, 5.74) is 1.23. The Morgan fingerprint density at radius 1 is 1.07 bits per heavy atom. The van der Waals surface area contributed by atoms with Gasteiger partial charge in [-0.1, -0.05) is 19.4 Å². The maximum absolute atomic E-state index is 12.0. The number of ether oxygens (including phenoxy) is 4. The molecule has 0 saturated heterocycles. The smallest absolute Gasteiger partial charge is 0.338 e. The van der Waals surface area contributed by atoms with Crippen LogP contribution in [0.15, 0.2) is 42.5 Å². The summed E-state index contributed by atoms with van der Waals surface area (Å²) in [5.74, 6) is 1.10. The first-order chi connectivity index (χ1) is 13.7. The Morgan fingerprint density at radius 3 is 2.64 bits per heavy atom. The lowest BCUT2D eigenvalue weighted by atomic mass is 10.2. The molecule has 0 aromatic heterocycles.